The van der Waals surface area contributed by atoms with Crippen molar-refractivity contribution < 1.29 is 5.11 Å². The molecule has 1 atom stereocenters. The van der Waals surface area contributed by atoms with Crippen LogP contribution in [0.25, 0.3) is 0 Å². The Morgan fingerprint density at radius 3 is 2.45 bits per heavy atom. The Bertz CT molecular complexity index is 593. The number of nitrogens with zero attached hydrogens (tertiary/aromatic N) is 2. The maximum atomic E-state index is 10.6. The minimum atomic E-state index is -0.500. The fourth-order valence-corrected chi connectivity index (χ4v) is 2.63. The Morgan fingerprint density at radius 2 is 1.90 bits per heavy atom. The highest BCUT2D eigenvalue weighted by atomic mass is 16.3. The SMILES string of the molecule is Cc1cc(CC(O)c2ccccc2C(C)(C)C)n(C)n1. The van der Waals surface area contributed by atoms with Crippen LogP contribution in [0.1, 0.15) is 49.4 Å². The average Bonchev–Trinajstić information content (AvgIpc) is 2.66. The van der Waals surface area contributed by atoms with Gasteiger partial charge in [-0.1, -0.05) is 45.0 Å². The first kappa shape index (κ1) is 14.8. The monoisotopic (exact) mass is 272 g/mol. The van der Waals surface area contributed by atoms with Crippen LogP contribution in [0, 0.1) is 6.92 Å². The highest BCUT2D eigenvalue weighted by molar-refractivity contribution is 5.35. The normalized spacial score (nSPS) is 13.5. The molecule has 1 N–H and O–H groups in total. The molecule has 1 unspecified atom stereocenters. The van der Waals surface area contributed by atoms with Crippen LogP contribution in [0.4, 0.5) is 0 Å². The van der Waals surface area contributed by atoms with Gasteiger partial charge < -0.3 is 5.11 Å². The zero-order valence-corrected chi connectivity index (χ0v) is 13.0. The molecule has 0 radical (unpaired) electrons. The van der Waals surface area contributed by atoms with Gasteiger partial charge in [-0.05, 0) is 29.5 Å². The van der Waals surface area contributed by atoms with E-state index in [0.717, 1.165) is 17.0 Å². The Hall–Kier alpha value is -1.61. The summed E-state index contributed by atoms with van der Waals surface area (Å²) in [6.07, 6.45) is 0.0879. The summed E-state index contributed by atoms with van der Waals surface area (Å²) in [6.45, 7) is 8.49. The Labute approximate surface area is 121 Å². The lowest BCUT2D eigenvalue weighted by Gasteiger charge is -2.25. The van der Waals surface area contributed by atoms with Crippen molar-refractivity contribution in [2.24, 2.45) is 7.05 Å². The summed E-state index contributed by atoms with van der Waals surface area (Å²) in [4.78, 5) is 0. The summed E-state index contributed by atoms with van der Waals surface area (Å²) in [5, 5.41) is 14.9. The number of benzene rings is 1. The van der Waals surface area contributed by atoms with Crippen LogP contribution < -0.4 is 0 Å². The van der Waals surface area contributed by atoms with Gasteiger partial charge in [0.15, 0.2) is 0 Å². The van der Waals surface area contributed by atoms with Gasteiger partial charge in [0, 0.05) is 19.2 Å². The highest BCUT2D eigenvalue weighted by Gasteiger charge is 2.22. The fraction of sp³-hybridized carbons (Fsp3) is 0.471. The predicted molar refractivity (Wildman–Crippen MR) is 81.8 cm³/mol. The van der Waals surface area contributed by atoms with Crippen molar-refractivity contribution in [2.75, 3.05) is 0 Å². The lowest BCUT2D eigenvalue weighted by atomic mass is 9.82. The summed E-state index contributed by atoms with van der Waals surface area (Å²) < 4.78 is 1.85. The molecule has 3 heteroatoms. The molecule has 0 spiro atoms. The lowest BCUT2D eigenvalue weighted by Crippen LogP contribution is -2.17. The maximum absolute atomic E-state index is 10.6. The van der Waals surface area contributed by atoms with Crippen LogP contribution in [0.5, 0.6) is 0 Å². The first-order valence-electron chi connectivity index (χ1n) is 7.06. The van der Waals surface area contributed by atoms with E-state index < -0.39 is 6.10 Å². The van der Waals surface area contributed by atoms with Crippen molar-refractivity contribution in [2.45, 2.75) is 45.6 Å². The zero-order valence-electron chi connectivity index (χ0n) is 13.0. The smallest absolute Gasteiger partial charge is 0.0848 e. The molecular formula is C17H24N2O. The molecule has 1 aromatic heterocycles. The van der Waals surface area contributed by atoms with Crippen LogP contribution >= 0.6 is 0 Å². The van der Waals surface area contributed by atoms with Crippen LogP contribution in [0.2, 0.25) is 0 Å². The molecule has 108 valence electrons. The highest BCUT2D eigenvalue weighted by Crippen LogP contribution is 2.31. The Morgan fingerprint density at radius 1 is 1.25 bits per heavy atom. The van der Waals surface area contributed by atoms with E-state index in [-0.39, 0.29) is 5.41 Å². The predicted octanol–water partition coefficient (Wildman–Crippen LogP) is 3.30. The molecule has 2 aromatic rings. The van der Waals surface area contributed by atoms with E-state index in [4.69, 9.17) is 0 Å². The molecule has 20 heavy (non-hydrogen) atoms. The van der Waals surface area contributed by atoms with Gasteiger partial charge in [-0.25, -0.2) is 0 Å². The third-order valence-corrected chi connectivity index (χ3v) is 3.63. The third-order valence-electron chi connectivity index (χ3n) is 3.63. The van der Waals surface area contributed by atoms with Gasteiger partial charge in [-0.2, -0.15) is 5.10 Å². The molecule has 0 amide bonds. The van der Waals surface area contributed by atoms with Gasteiger partial charge in [0.05, 0.1) is 11.8 Å². The molecule has 2 rings (SSSR count). The standard InChI is InChI=1S/C17H24N2O/c1-12-10-13(19(5)18-12)11-16(20)14-8-6-7-9-15(14)17(2,3)4/h6-10,16,20H,11H2,1-5H3. The minimum Gasteiger partial charge on any atom is -0.388 e. The van der Waals surface area contributed by atoms with Crippen LogP contribution in [-0.2, 0) is 18.9 Å². The van der Waals surface area contributed by atoms with Gasteiger partial charge in [0.1, 0.15) is 0 Å². The first-order chi connectivity index (χ1) is 9.29. The van der Waals surface area contributed by atoms with Gasteiger partial charge >= 0.3 is 0 Å². The quantitative estimate of drug-likeness (QED) is 0.931. The van der Waals surface area contributed by atoms with Gasteiger partial charge in [0.25, 0.3) is 0 Å². The van der Waals surface area contributed by atoms with Crippen molar-refractivity contribution in [3.63, 3.8) is 0 Å². The van der Waals surface area contributed by atoms with Gasteiger partial charge in [-0.3, -0.25) is 4.68 Å². The van der Waals surface area contributed by atoms with E-state index in [0.29, 0.717) is 6.42 Å². The summed E-state index contributed by atoms with van der Waals surface area (Å²) in [7, 11) is 1.92. The average molecular weight is 272 g/mol. The summed E-state index contributed by atoms with van der Waals surface area (Å²) in [6, 6.07) is 10.2. The van der Waals surface area contributed by atoms with Crippen molar-refractivity contribution >= 4 is 0 Å². The maximum Gasteiger partial charge on any atom is 0.0848 e. The number of rotatable bonds is 3. The molecule has 0 fully saturated rings. The van der Waals surface area contributed by atoms with E-state index in [1.807, 2.05) is 42.9 Å². The second-order valence-corrected chi connectivity index (χ2v) is 6.46. The molecule has 3 nitrogen and oxygen atoms in total. The topological polar surface area (TPSA) is 38.0 Å². The van der Waals surface area contributed by atoms with Crippen LogP contribution in [0.3, 0.4) is 0 Å². The summed E-state index contributed by atoms with van der Waals surface area (Å²) >= 11 is 0. The molecule has 0 saturated carbocycles. The van der Waals surface area contributed by atoms with E-state index in [2.05, 4.69) is 31.9 Å². The van der Waals surface area contributed by atoms with E-state index in [1.165, 1.54) is 5.56 Å². The number of aliphatic hydroxyl groups is 1. The second kappa shape index (κ2) is 5.41. The van der Waals surface area contributed by atoms with Crippen molar-refractivity contribution in [3.8, 4) is 0 Å². The van der Waals surface area contributed by atoms with Crippen molar-refractivity contribution in [3.05, 3.63) is 52.8 Å². The molecule has 1 heterocycles. The summed E-state index contributed by atoms with van der Waals surface area (Å²) in [5.41, 5.74) is 4.28. The van der Waals surface area contributed by atoms with Crippen LogP contribution in [0.15, 0.2) is 30.3 Å². The van der Waals surface area contributed by atoms with E-state index >= 15 is 0 Å². The largest absolute Gasteiger partial charge is 0.388 e. The Balaban J connectivity index is 2.30. The molecular weight excluding hydrogens is 248 g/mol. The van der Waals surface area contributed by atoms with Crippen LogP contribution in [-0.4, -0.2) is 14.9 Å². The third kappa shape index (κ3) is 3.10. The first-order valence-corrected chi connectivity index (χ1v) is 7.06. The number of hydrogen-bond acceptors (Lipinski definition) is 2. The number of aryl methyl sites for hydroxylation is 2. The number of aliphatic hydroxyl groups excluding tert-OH is 1. The van der Waals surface area contributed by atoms with Gasteiger partial charge in [-0.15, -0.1) is 0 Å². The minimum absolute atomic E-state index is 0.0277. The lowest BCUT2D eigenvalue weighted by molar-refractivity contribution is 0.173. The zero-order chi connectivity index (χ0) is 14.9. The fourth-order valence-electron chi connectivity index (χ4n) is 2.63. The Kier molecular flexibility index (Phi) is 4.00. The van der Waals surface area contributed by atoms with Gasteiger partial charge in [0.2, 0.25) is 0 Å². The van der Waals surface area contributed by atoms with E-state index in [9.17, 15) is 5.11 Å². The molecule has 0 saturated heterocycles. The second-order valence-electron chi connectivity index (χ2n) is 6.46. The molecule has 0 aliphatic rings. The number of hydrogen-bond donors (Lipinski definition) is 1. The molecule has 0 aliphatic carbocycles. The summed E-state index contributed by atoms with van der Waals surface area (Å²) in [5.74, 6) is 0. The van der Waals surface area contributed by atoms with E-state index in [1.54, 1.807) is 0 Å². The molecule has 1 aromatic carbocycles. The molecule has 0 bridgehead atoms. The van der Waals surface area contributed by atoms with Crippen molar-refractivity contribution in [1.29, 1.82) is 0 Å². The van der Waals surface area contributed by atoms with Crippen molar-refractivity contribution in [1.82, 2.24) is 9.78 Å². The number of aromatic nitrogens is 2. The molecule has 0 aliphatic heterocycles.